The first-order chi connectivity index (χ1) is 17.8. The molecule has 0 unspecified atom stereocenters. The van der Waals surface area contributed by atoms with E-state index in [0.29, 0.717) is 44.5 Å². The molecule has 1 atom stereocenters. The Morgan fingerprint density at radius 1 is 1.16 bits per heavy atom. The molecule has 0 saturated heterocycles. The minimum Gasteiger partial charge on any atom is -0.490 e. The molecular weight excluding hydrogens is 560 g/mol. The molecule has 4 rings (SSSR count). The van der Waals surface area contributed by atoms with Crippen LogP contribution >= 0.6 is 27.7 Å². The summed E-state index contributed by atoms with van der Waals surface area (Å²) in [6.07, 6.45) is 1.18. The van der Waals surface area contributed by atoms with Crippen molar-refractivity contribution in [1.29, 1.82) is 0 Å². The molecule has 1 aromatic heterocycles. The number of hydrogen-bond acceptors (Lipinski definition) is 9. The molecule has 1 aliphatic heterocycles. The van der Waals surface area contributed by atoms with Gasteiger partial charge in [-0.3, -0.25) is 14.5 Å². The highest BCUT2D eigenvalue weighted by Gasteiger charge is 2.35. The number of esters is 1. The summed E-state index contributed by atoms with van der Waals surface area (Å²) < 4.78 is 18.1. The number of amides is 1. The summed E-state index contributed by atoms with van der Waals surface area (Å²) in [5.74, 6) is 0.995. The van der Waals surface area contributed by atoms with E-state index < -0.39 is 12.2 Å². The average molecular weight is 587 g/mol. The average Bonchev–Trinajstić information content (AvgIpc) is 3.00. The van der Waals surface area contributed by atoms with Crippen molar-refractivity contribution in [3.05, 3.63) is 46.4 Å². The van der Waals surface area contributed by atoms with Gasteiger partial charge in [0.15, 0.2) is 17.2 Å². The number of carbonyl (C=O) groups is 2. The summed E-state index contributed by atoms with van der Waals surface area (Å²) in [4.78, 5) is 31.0. The van der Waals surface area contributed by atoms with Gasteiger partial charge in [-0.15, -0.1) is 10.2 Å². The Bertz CT molecular complexity index is 1320. The molecule has 0 aliphatic carbocycles. The summed E-state index contributed by atoms with van der Waals surface area (Å²) in [6.45, 7) is 7.08. The highest BCUT2D eigenvalue weighted by atomic mass is 79.9. The quantitative estimate of drug-likeness (QED) is 0.137. The zero-order chi connectivity index (χ0) is 26.5. The van der Waals surface area contributed by atoms with Gasteiger partial charge in [-0.25, -0.2) is 0 Å². The van der Waals surface area contributed by atoms with Gasteiger partial charge in [0.1, 0.15) is 0 Å². The lowest BCUT2D eigenvalue weighted by atomic mass is 10.1. The van der Waals surface area contributed by atoms with Gasteiger partial charge in [0.2, 0.25) is 23.2 Å². The van der Waals surface area contributed by atoms with Crippen molar-refractivity contribution in [3.8, 4) is 28.6 Å². The molecular formula is C26H27BrN4O5S. The first-order valence-electron chi connectivity index (χ1n) is 11.9. The molecule has 0 fully saturated rings. The second-order valence-corrected chi connectivity index (χ2v) is 10.1. The van der Waals surface area contributed by atoms with Crippen molar-refractivity contribution < 1.29 is 23.8 Å². The molecule has 9 nitrogen and oxygen atoms in total. The van der Waals surface area contributed by atoms with E-state index in [0.717, 1.165) is 18.6 Å². The molecule has 1 aliphatic rings. The smallest absolute Gasteiger partial charge is 0.308 e. The molecule has 3 aromatic rings. The Morgan fingerprint density at radius 3 is 2.65 bits per heavy atom. The molecule has 0 bridgehead atoms. The van der Waals surface area contributed by atoms with Gasteiger partial charge in [-0.05, 0) is 47.5 Å². The predicted molar refractivity (Wildman–Crippen MR) is 144 cm³/mol. The van der Waals surface area contributed by atoms with Crippen molar-refractivity contribution in [2.45, 2.75) is 51.9 Å². The van der Waals surface area contributed by atoms with Crippen molar-refractivity contribution in [2.75, 3.05) is 17.3 Å². The van der Waals surface area contributed by atoms with Crippen LogP contribution in [0.25, 0.3) is 11.3 Å². The van der Waals surface area contributed by atoms with Gasteiger partial charge in [0.25, 0.3) is 0 Å². The van der Waals surface area contributed by atoms with Crippen LogP contribution in [0, 0.1) is 0 Å². The van der Waals surface area contributed by atoms with E-state index >= 15 is 0 Å². The van der Waals surface area contributed by atoms with Crippen LogP contribution in [0.15, 0.2) is 46.0 Å². The van der Waals surface area contributed by atoms with Crippen molar-refractivity contribution in [3.63, 3.8) is 0 Å². The zero-order valence-electron chi connectivity index (χ0n) is 21.0. The first kappa shape index (κ1) is 26.9. The molecule has 11 heteroatoms. The summed E-state index contributed by atoms with van der Waals surface area (Å²) in [5.41, 5.74) is 2.33. The molecule has 0 saturated carbocycles. The van der Waals surface area contributed by atoms with E-state index in [4.69, 9.17) is 14.2 Å². The van der Waals surface area contributed by atoms with Crippen LogP contribution in [0.2, 0.25) is 0 Å². The number of thioether (sulfide) groups is 1. The topological polar surface area (TPSA) is 104 Å². The number of carbonyl (C=O) groups excluding carboxylic acids is 2. The minimum atomic E-state index is -0.910. The molecule has 0 spiro atoms. The number of aromatic nitrogens is 3. The van der Waals surface area contributed by atoms with Gasteiger partial charge >= 0.3 is 5.97 Å². The number of nitrogens with zero attached hydrogens (tertiary/aromatic N) is 4. The van der Waals surface area contributed by atoms with Crippen LogP contribution < -0.4 is 19.1 Å². The number of hydrogen-bond donors (Lipinski definition) is 0. The van der Waals surface area contributed by atoms with Gasteiger partial charge in [0, 0.05) is 30.7 Å². The molecule has 2 aromatic carbocycles. The highest BCUT2D eigenvalue weighted by Crippen LogP contribution is 2.46. The van der Waals surface area contributed by atoms with Gasteiger partial charge in [0.05, 0.1) is 16.8 Å². The monoisotopic (exact) mass is 586 g/mol. The van der Waals surface area contributed by atoms with E-state index in [9.17, 15) is 9.59 Å². The Kier molecular flexibility index (Phi) is 8.65. The zero-order valence-corrected chi connectivity index (χ0v) is 23.4. The van der Waals surface area contributed by atoms with Gasteiger partial charge in [-0.2, -0.15) is 4.98 Å². The maximum Gasteiger partial charge on any atom is 0.308 e. The minimum absolute atomic E-state index is 0.242. The van der Waals surface area contributed by atoms with Crippen LogP contribution in [0.5, 0.6) is 17.4 Å². The van der Waals surface area contributed by atoms with Crippen LogP contribution in [0.3, 0.4) is 0 Å². The van der Waals surface area contributed by atoms with E-state index in [1.807, 2.05) is 31.2 Å². The molecule has 37 heavy (non-hydrogen) atoms. The summed E-state index contributed by atoms with van der Waals surface area (Å²) >= 11 is 5.00. The SMILES string of the molecule is CCCCSc1nnc2c(n1)O[C@@H](c1cc(Br)c(OC(C)=O)c(OCC)c1)N(C(C)=O)c1ccccc1-2. The molecule has 0 radical (unpaired) electrons. The fourth-order valence-corrected chi connectivity index (χ4v) is 5.28. The number of fused-ring (bicyclic) bond motifs is 3. The predicted octanol–water partition coefficient (Wildman–Crippen LogP) is 5.96. The van der Waals surface area contributed by atoms with Crippen molar-refractivity contribution in [2.24, 2.45) is 0 Å². The Labute approximate surface area is 228 Å². The fraction of sp³-hybridized carbons (Fsp3) is 0.346. The molecule has 2 heterocycles. The second-order valence-electron chi connectivity index (χ2n) is 8.18. The normalized spacial score (nSPS) is 14.2. The van der Waals surface area contributed by atoms with E-state index in [-0.39, 0.29) is 17.5 Å². The lowest BCUT2D eigenvalue weighted by Crippen LogP contribution is -2.36. The number of para-hydroxylation sites is 1. The third kappa shape index (κ3) is 5.88. The first-order valence-corrected chi connectivity index (χ1v) is 13.7. The third-order valence-electron chi connectivity index (χ3n) is 5.44. The van der Waals surface area contributed by atoms with Crippen molar-refractivity contribution in [1.82, 2.24) is 15.2 Å². The third-order valence-corrected chi connectivity index (χ3v) is 6.96. The van der Waals surface area contributed by atoms with E-state index in [2.05, 4.69) is 38.0 Å². The Hall–Kier alpha value is -3.18. The number of halogens is 1. The summed E-state index contributed by atoms with van der Waals surface area (Å²) in [5, 5.41) is 9.25. The van der Waals surface area contributed by atoms with E-state index in [1.165, 1.54) is 25.6 Å². The number of unbranched alkanes of at least 4 members (excludes halogenated alkanes) is 1. The van der Waals surface area contributed by atoms with Crippen molar-refractivity contribution >= 4 is 45.3 Å². The summed E-state index contributed by atoms with van der Waals surface area (Å²) in [7, 11) is 0. The standard InChI is InChI=1S/C26H27BrN4O5S/c1-5-7-12-37-26-28-24-22(29-30-26)18-10-8-9-11-20(18)31(15(3)32)25(36-24)17-13-19(27)23(35-16(4)33)21(14-17)34-6-2/h8-11,13-14,25H,5-7,12H2,1-4H3/t25-/m0/s1. The van der Waals surface area contributed by atoms with Gasteiger partial charge in [-0.1, -0.05) is 43.3 Å². The number of benzene rings is 2. The Morgan fingerprint density at radius 2 is 1.95 bits per heavy atom. The highest BCUT2D eigenvalue weighted by molar-refractivity contribution is 9.10. The molecule has 0 N–H and O–H groups in total. The Balaban J connectivity index is 1.88. The van der Waals surface area contributed by atoms with Gasteiger partial charge < -0.3 is 14.2 Å². The summed E-state index contributed by atoms with van der Waals surface area (Å²) in [6, 6.07) is 10.8. The lowest BCUT2D eigenvalue weighted by molar-refractivity contribution is -0.132. The molecule has 194 valence electrons. The maximum absolute atomic E-state index is 13.1. The lowest BCUT2D eigenvalue weighted by Gasteiger charge is -2.30. The van der Waals surface area contributed by atoms with Crippen LogP contribution in [0.1, 0.15) is 52.3 Å². The van der Waals surface area contributed by atoms with E-state index in [1.54, 1.807) is 17.0 Å². The maximum atomic E-state index is 13.1. The number of rotatable bonds is 8. The second kappa shape index (κ2) is 11.9. The number of ether oxygens (including phenoxy) is 3. The fourth-order valence-electron chi connectivity index (χ4n) is 3.87. The van der Waals surface area contributed by atoms with Crippen LogP contribution in [0.4, 0.5) is 5.69 Å². The molecule has 1 amide bonds. The number of anilines is 1. The van der Waals surface area contributed by atoms with Crippen LogP contribution in [-0.4, -0.2) is 39.4 Å². The largest absolute Gasteiger partial charge is 0.490 e. The van der Waals surface area contributed by atoms with Crippen LogP contribution in [-0.2, 0) is 9.59 Å².